The highest BCUT2D eigenvalue weighted by Crippen LogP contribution is 2.17. The third-order valence-corrected chi connectivity index (χ3v) is 2.56. The van der Waals surface area contributed by atoms with Crippen molar-refractivity contribution in [2.75, 3.05) is 6.54 Å². The smallest absolute Gasteiger partial charge is 0.260 e. The van der Waals surface area contributed by atoms with Crippen LogP contribution in [0.4, 0.5) is 0 Å². The Labute approximate surface area is 110 Å². The molecule has 18 heavy (non-hydrogen) atoms. The number of rotatable bonds is 5. The number of carbonyl (C=O) groups excluding carboxylic acids is 1. The van der Waals surface area contributed by atoms with E-state index in [4.69, 9.17) is 4.74 Å². The van der Waals surface area contributed by atoms with Crippen molar-refractivity contribution < 1.29 is 9.53 Å². The van der Waals surface area contributed by atoms with Gasteiger partial charge in [-0.25, -0.2) is 0 Å². The van der Waals surface area contributed by atoms with E-state index in [0.29, 0.717) is 12.5 Å². The number of benzene rings is 1. The Morgan fingerprint density at radius 3 is 2.22 bits per heavy atom. The van der Waals surface area contributed by atoms with Crippen molar-refractivity contribution in [3.63, 3.8) is 0 Å². The van der Waals surface area contributed by atoms with Gasteiger partial charge in [-0.3, -0.25) is 4.79 Å². The van der Waals surface area contributed by atoms with E-state index in [1.54, 1.807) is 6.92 Å². The standard InChI is InChI=1S/C15H23NO2/c1-10(2)9-16-15(17)13(5)18-14-7-11(3)6-12(4)8-14/h6-8,10,13H,9H2,1-5H3,(H,16,17)/t13-/m1/s1. The average molecular weight is 249 g/mol. The van der Waals surface area contributed by atoms with Crippen molar-refractivity contribution >= 4 is 5.91 Å². The molecule has 0 bridgehead atoms. The van der Waals surface area contributed by atoms with Crippen molar-refractivity contribution in [1.29, 1.82) is 0 Å². The van der Waals surface area contributed by atoms with Crippen LogP contribution in [0.2, 0.25) is 0 Å². The van der Waals surface area contributed by atoms with Crippen LogP contribution in [0, 0.1) is 19.8 Å². The van der Waals surface area contributed by atoms with Gasteiger partial charge in [-0.05, 0) is 49.9 Å². The fraction of sp³-hybridized carbons (Fsp3) is 0.533. The second kappa shape index (κ2) is 6.43. The molecular weight excluding hydrogens is 226 g/mol. The highest BCUT2D eigenvalue weighted by molar-refractivity contribution is 5.80. The SMILES string of the molecule is Cc1cc(C)cc(O[C@H](C)C(=O)NCC(C)C)c1. The summed E-state index contributed by atoms with van der Waals surface area (Å²) in [6.07, 6.45) is -0.468. The van der Waals surface area contributed by atoms with Gasteiger partial charge in [-0.1, -0.05) is 19.9 Å². The van der Waals surface area contributed by atoms with Gasteiger partial charge in [0.2, 0.25) is 0 Å². The minimum absolute atomic E-state index is 0.0668. The zero-order valence-electron chi connectivity index (χ0n) is 11.9. The summed E-state index contributed by atoms with van der Waals surface area (Å²) in [6.45, 7) is 10.6. The van der Waals surface area contributed by atoms with E-state index in [2.05, 4.69) is 25.2 Å². The van der Waals surface area contributed by atoms with E-state index in [-0.39, 0.29) is 5.91 Å². The maximum Gasteiger partial charge on any atom is 0.260 e. The van der Waals surface area contributed by atoms with Crippen LogP contribution in [0.15, 0.2) is 18.2 Å². The summed E-state index contributed by atoms with van der Waals surface area (Å²) < 4.78 is 5.66. The van der Waals surface area contributed by atoms with Crippen LogP contribution in [-0.4, -0.2) is 18.6 Å². The molecule has 1 aromatic carbocycles. The summed E-state index contributed by atoms with van der Waals surface area (Å²) in [5.74, 6) is 1.13. The summed E-state index contributed by atoms with van der Waals surface area (Å²) in [4.78, 5) is 11.8. The zero-order chi connectivity index (χ0) is 13.7. The molecule has 0 aliphatic heterocycles. The molecule has 0 radical (unpaired) electrons. The van der Waals surface area contributed by atoms with E-state index >= 15 is 0 Å². The van der Waals surface area contributed by atoms with Crippen molar-refractivity contribution in [3.8, 4) is 5.75 Å². The van der Waals surface area contributed by atoms with Crippen LogP contribution in [0.25, 0.3) is 0 Å². The van der Waals surface area contributed by atoms with E-state index < -0.39 is 6.10 Å². The first-order valence-corrected chi connectivity index (χ1v) is 6.41. The van der Waals surface area contributed by atoms with Gasteiger partial charge < -0.3 is 10.1 Å². The van der Waals surface area contributed by atoms with Crippen molar-refractivity contribution in [2.45, 2.75) is 40.7 Å². The molecule has 0 heterocycles. The van der Waals surface area contributed by atoms with Crippen LogP contribution < -0.4 is 10.1 Å². The van der Waals surface area contributed by atoms with Crippen molar-refractivity contribution in [2.24, 2.45) is 5.92 Å². The predicted octanol–water partition coefficient (Wildman–Crippen LogP) is 2.84. The maximum atomic E-state index is 11.8. The molecule has 1 atom stereocenters. The Morgan fingerprint density at radius 1 is 1.17 bits per heavy atom. The molecule has 3 nitrogen and oxygen atoms in total. The quantitative estimate of drug-likeness (QED) is 0.871. The molecule has 0 spiro atoms. The number of hydrogen-bond donors (Lipinski definition) is 1. The molecule has 0 saturated carbocycles. The van der Waals surface area contributed by atoms with Gasteiger partial charge in [0.1, 0.15) is 5.75 Å². The highest BCUT2D eigenvalue weighted by Gasteiger charge is 2.14. The Bertz CT molecular complexity index is 393. The van der Waals surface area contributed by atoms with Gasteiger partial charge in [0.15, 0.2) is 6.10 Å². The number of nitrogens with one attached hydrogen (secondary N) is 1. The fourth-order valence-electron chi connectivity index (χ4n) is 1.71. The lowest BCUT2D eigenvalue weighted by Gasteiger charge is -2.16. The molecule has 100 valence electrons. The molecule has 1 N–H and O–H groups in total. The van der Waals surface area contributed by atoms with Crippen molar-refractivity contribution in [3.05, 3.63) is 29.3 Å². The molecule has 1 amide bonds. The zero-order valence-corrected chi connectivity index (χ0v) is 11.9. The summed E-state index contributed by atoms with van der Waals surface area (Å²) in [7, 11) is 0. The molecule has 0 unspecified atom stereocenters. The van der Waals surface area contributed by atoms with E-state index in [1.165, 1.54) is 0 Å². The number of hydrogen-bond acceptors (Lipinski definition) is 2. The van der Waals surface area contributed by atoms with E-state index in [1.807, 2.05) is 26.0 Å². The summed E-state index contributed by atoms with van der Waals surface area (Å²) in [5.41, 5.74) is 2.28. The number of aryl methyl sites for hydroxylation is 2. The second-order valence-electron chi connectivity index (χ2n) is 5.22. The summed E-state index contributed by atoms with van der Waals surface area (Å²) >= 11 is 0. The van der Waals surface area contributed by atoms with Gasteiger partial charge in [0, 0.05) is 6.54 Å². The third-order valence-electron chi connectivity index (χ3n) is 2.56. The molecular formula is C15H23NO2. The lowest BCUT2D eigenvalue weighted by molar-refractivity contribution is -0.127. The van der Waals surface area contributed by atoms with Crippen LogP contribution >= 0.6 is 0 Å². The second-order valence-corrected chi connectivity index (χ2v) is 5.22. The first-order valence-electron chi connectivity index (χ1n) is 6.41. The van der Waals surface area contributed by atoms with Gasteiger partial charge in [-0.2, -0.15) is 0 Å². The Kier molecular flexibility index (Phi) is 5.20. The molecule has 0 fully saturated rings. The van der Waals surface area contributed by atoms with Gasteiger partial charge in [0.25, 0.3) is 5.91 Å². The Morgan fingerprint density at radius 2 is 1.72 bits per heavy atom. The Hall–Kier alpha value is -1.51. The molecule has 0 aliphatic carbocycles. The predicted molar refractivity (Wildman–Crippen MR) is 73.9 cm³/mol. The topological polar surface area (TPSA) is 38.3 Å². The van der Waals surface area contributed by atoms with Crippen LogP contribution in [0.5, 0.6) is 5.75 Å². The highest BCUT2D eigenvalue weighted by atomic mass is 16.5. The first kappa shape index (κ1) is 14.6. The molecule has 0 aromatic heterocycles. The normalized spacial score (nSPS) is 12.3. The summed E-state index contributed by atoms with van der Waals surface area (Å²) in [6, 6.07) is 5.97. The van der Waals surface area contributed by atoms with Gasteiger partial charge in [-0.15, -0.1) is 0 Å². The number of amides is 1. The number of ether oxygens (including phenoxy) is 1. The fourth-order valence-corrected chi connectivity index (χ4v) is 1.71. The van der Waals surface area contributed by atoms with Crippen LogP contribution in [-0.2, 0) is 4.79 Å². The molecule has 1 rings (SSSR count). The van der Waals surface area contributed by atoms with Gasteiger partial charge in [0.05, 0.1) is 0 Å². The van der Waals surface area contributed by atoms with Crippen LogP contribution in [0.3, 0.4) is 0 Å². The van der Waals surface area contributed by atoms with E-state index in [9.17, 15) is 4.79 Å². The average Bonchev–Trinajstić information content (AvgIpc) is 2.24. The Balaban J connectivity index is 2.58. The lowest BCUT2D eigenvalue weighted by atomic mass is 10.1. The minimum Gasteiger partial charge on any atom is -0.481 e. The monoisotopic (exact) mass is 249 g/mol. The largest absolute Gasteiger partial charge is 0.481 e. The minimum atomic E-state index is -0.468. The molecule has 1 aromatic rings. The van der Waals surface area contributed by atoms with E-state index in [0.717, 1.165) is 16.9 Å². The first-order chi connectivity index (χ1) is 8.38. The van der Waals surface area contributed by atoms with Crippen LogP contribution in [0.1, 0.15) is 31.9 Å². The lowest BCUT2D eigenvalue weighted by Crippen LogP contribution is -2.38. The third kappa shape index (κ3) is 4.78. The maximum absolute atomic E-state index is 11.8. The molecule has 3 heteroatoms. The molecule has 0 saturated heterocycles. The summed E-state index contributed by atoms with van der Waals surface area (Å²) in [5, 5.41) is 2.87. The number of carbonyl (C=O) groups is 1. The molecule has 0 aliphatic rings. The van der Waals surface area contributed by atoms with Crippen molar-refractivity contribution in [1.82, 2.24) is 5.32 Å². The van der Waals surface area contributed by atoms with Gasteiger partial charge >= 0.3 is 0 Å².